The van der Waals surface area contributed by atoms with Crippen molar-refractivity contribution in [2.24, 2.45) is 0 Å². The molecule has 1 aliphatic heterocycles. The lowest BCUT2D eigenvalue weighted by Gasteiger charge is -2.16. The maximum atomic E-state index is 13.1. The summed E-state index contributed by atoms with van der Waals surface area (Å²) in [5.74, 6) is 0.278. The van der Waals surface area contributed by atoms with Crippen molar-refractivity contribution in [1.29, 1.82) is 0 Å². The van der Waals surface area contributed by atoms with Crippen molar-refractivity contribution in [3.05, 3.63) is 63.5 Å². The van der Waals surface area contributed by atoms with Crippen LogP contribution in [-0.4, -0.2) is 40.4 Å². The molecule has 0 radical (unpaired) electrons. The number of benzene rings is 2. The van der Waals surface area contributed by atoms with E-state index in [1.807, 2.05) is 6.07 Å². The molecule has 0 fully saturated rings. The van der Waals surface area contributed by atoms with E-state index in [0.29, 0.717) is 54.9 Å². The fourth-order valence-electron chi connectivity index (χ4n) is 3.89. The van der Waals surface area contributed by atoms with Crippen molar-refractivity contribution < 1.29 is 19.0 Å². The zero-order valence-corrected chi connectivity index (χ0v) is 17.0. The average molecular weight is 437 g/mol. The molecule has 2 aromatic carbocycles. The van der Waals surface area contributed by atoms with Gasteiger partial charge in [-0.05, 0) is 48.4 Å². The topological polar surface area (TPSA) is 54.7 Å². The van der Waals surface area contributed by atoms with Gasteiger partial charge in [-0.2, -0.15) is 0 Å². The fraction of sp³-hybridized carbons (Fsp3) is 0.286. The summed E-state index contributed by atoms with van der Waals surface area (Å²) < 4.78 is 21.0. The molecule has 1 aromatic heterocycles. The number of halogens is 3. The molecule has 0 saturated heterocycles. The Morgan fingerprint density at radius 3 is 2.55 bits per heavy atom. The van der Waals surface area contributed by atoms with E-state index >= 15 is 0 Å². The Labute approximate surface area is 177 Å². The van der Waals surface area contributed by atoms with Crippen LogP contribution in [0.2, 0.25) is 10.0 Å². The molecule has 1 amide bonds. The fourth-order valence-corrected chi connectivity index (χ4v) is 4.32. The van der Waals surface area contributed by atoms with Crippen LogP contribution in [0.3, 0.4) is 0 Å². The third-order valence-corrected chi connectivity index (χ3v) is 6.06. The normalized spacial score (nSPS) is 14.0. The summed E-state index contributed by atoms with van der Waals surface area (Å²) in [5.41, 5.74) is 3.05. The van der Waals surface area contributed by atoms with E-state index < -0.39 is 6.09 Å². The van der Waals surface area contributed by atoms with Crippen molar-refractivity contribution in [2.75, 3.05) is 19.7 Å². The highest BCUT2D eigenvalue weighted by atomic mass is 35.5. The van der Waals surface area contributed by atoms with Gasteiger partial charge in [0.2, 0.25) is 0 Å². The van der Waals surface area contributed by atoms with Gasteiger partial charge >= 0.3 is 6.09 Å². The molecule has 3 aromatic rings. The van der Waals surface area contributed by atoms with Crippen molar-refractivity contribution in [2.45, 2.75) is 19.4 Å². The van der Waals surface area contributed by atoms with Crippen LogP contribution in [0.15, 0.2) is 36.4 Å². The van der Waals surface area contributed by atoms with Gasteiger partial charge in [-0.3, -0.25) is 0 Å². The highest BCUT2D eigenvalue weighted by Crippen LogP contribution is 2.38. The van der Waals surface area contributed by atoms with Gasteiger partial charge in [0.1, 0.15) is 18.2 Å². The Balaban J connectivity index is 1.66. The molecule has 0 bridgehead atoms. The summed E-state index contributed by atoms with van der Waals surface area (Å²) in [4.78, 5) is 12.8. The largest absolute Gasteiger partial charge is 0.492 e. The highest BCUT2D eigenvalue weighted by Gasteiger charge is 2.25. The van der Waals surface area contributed by atoms with Crippen molar-refractivity contribution in [1.82, 2.24) is 9.47 Å². The highest BCUT2D eigenvalue weighted by molar-refractivity contribution is 6.45. The number of hydrogen-bond donors (Lipinski definition) is 1. The summed E-state index contributed by atoms with van der Waals surface area (Å²) in [6, 6.07) is 9.59. The lowest BCUT2D eigenvalue weighted by molar-refractivity contribution is 0.147. The summed E-state index contributed by atoms with van der Waals surface area (Å²) in [7, 11) is 0. The van der Waals surface area contributed by atoms with E-state index in [-0.39, 0.29) is 5.82 Å². The van der Waals surface area contributed by atoms with Crippen LogP contribution in [0, 0.1) is 5.82 Å². The zero-order valence-electron chi connectivity index (χ0n) is 15.5. The van der Waals surface area contributed by atoms with Crippen LogP contribution in [-0.2, 0) is 19.4 Å². The Kier molecular flexibility index (Phi) is 5.56. The lowest BCUT2D eigenvalue weighted by Crippen LogP contribution is -2.31. The first-order chi connectivity index (χ1) is 14.0. The van der Waals surface area contributed by atoms with E-state index in [0.717, 1.165) is 22.2 Å². The Morgan fingerprint density at radius 2 is 1.83 bits per heavy atom. The molecule has 0 spiro atoms. The standard InChI is InChI=1S/C21H19Cl2FN2O3/c22-16-5-6-18-19(20(16)23)15-7-9-25(21(27)28)10-8-17(15)26(18)11-12-29-14-3-1-13(24)2-4-14/h1-6H,7-12H2,(H,27,28). The van der Waals surface area contributed by atoms with Crippen LogP contribution >= 0.6 is 23.2 Å². The minimum atomic E-state index is -0.921. The first kappa shape index (κ1) is 19.9. The number of amides is 1. The number of aromatic nitrogens is 1. The number of ether oxygens (including phenoxy) is 1. The summed E-state index contributed by atoms with van der Waals surface area (Å²) >= 11 is 12.8. The molecule has 5 nitrogen and oxygen atoms in total. The molecule has 1 N–H and O–H groups in total. The van der Waals surface area contributed by atoms with Gasteiger partial charge in [0.05, 0.1) is 22.1 Å². The monoisotopic (exact) mass is 436 g/mol. The number of fused-ring (bicyclic) bond motifs is 3. The van der Waals surface area contributed by atoms with Gasteiger partial charge in [-0.1, -0.05) is 23.2 Å². The predicted octanol–water partition coefficient (Wildman–Crippen LogP) is 5.24. The summed E-state index contributed by atoms with van der Waals surface area (Å²) in [6.07, 6.45) is 0.236. The second-order valence-corrected chi connectivity index (χ2v) is 7.69. The van der Waals surface area contributed by atoms with E-state index in [4.69, 9.17) is 27.9 Å². The molecule has 0 atom stereocenters. The minimum Gasteiger partial charge on any atom is -0.492 e. The molecule has 8 heteroatoms. The van der Waals surface area contributed by atoms with Crippen LogP contribution < -0.4 is 4.74 Å². The molecular weight excluding hydrogens is 418 g/mol. The second-order valence-electron chi connectivity index (χ2n) is 6.90. The Bertz CT molecular complexity index is 1070. The number of nitrogens with zero attached hydrogens (tertiary/aromatic N) is 2. The average Bonchev–Trinajstić information content (AvgIpc) is 2.84. The third kappa shape index (κ3) is 3.87. The number of hydrogen-bond acceptors (Lipinski definition) is 2. The van der Waals surface area contributed by atoms with Crippen LogP contribution in [0.5, 0.6) is 5.75 Å². The van der Waals surface area contributed by atoms with Gasteiger partial charge in [0.15, 0.2) is 0 Å². The Morgan fingerprint density at radius 1 is 1.10 bits per heavy atom. The van der Waals surface area contributed by atoms with E-state index in [2.05, 4.69) is 4.57 Å². The molecule has 29 heavy (non-hydrogen) atoms. The van der Waals surface area contributed by atoms with Crippen molar-refractivity contribution in [3.8, 4) is 5.75 Å². The van der Waals surface area contributed by atoms with Gasteiger partial charge in [0, 0.05) is 30.6 Å². The minimum absolute atomic E-state index is 0.312. The molecule has 2 heterocycles. The zero-order chi connectivity index (χ0) is 20.5. The number of carbonyl (C=O) groups is 1. The molecule has 0 unspecified atom stereocenters. The lowest BCUT2D eigenvalue weighted by atomic mass is 10.1. The SMILES string of the molecule is O=C(O)N1CCc2c(n(CCOc3ccc(F)cc3)c3ccc(Cl)c(Cl)c23)CC1. The molecular formula is C21H19Cl2FN2O3. The maximum Gasteiger partial charge on any atom is 0.407 e. The first-order valence-electron chi connectivity index (χ1n) is 9.30. The van der Waals surface area contributed by atoms with Crippen molar-refractivity contribution in [3.63, 3.8) is 0 Å². The predicted molar refractivity (Wildman–Crippen MR) is 111 cm³/mol. The second kappa shape index (κ2) is 8.13. The number of rotatable bonds is 4. The van der Waals surface area contributed by atoms with Gasteiger partial charge in [-0.25, -0.2) is 9.18 Å². The van der Waals surface area contributed by atoms with Gasteiger partial charge < -0.3 is 19.3 Å². The number of carboxylic acid groups (broad SMARTS) is 1. The van der Waals surface area contributed by atoms with E-state index in [1.54, 1.807) is 18.2 Å². The van der Waals surface area contributed by atoms with Crippen LogP contribution in [0.25, 0.3) is 10.9 Å². The molecule has 4 rings (SSSR count). The van der Waals surface area contributed by atoms with Gasteiger partial charge in [0.25, 0.3) is 0 Å². The first-order valence-corrected chi connectivity index (χ1v) is 10.1. The maximum absolute atomic E-state index is 13.1. The van der Waals surface area contributed by atoms with E-state index in [9.17, 15) is 14.3 Å². The summed E-state index contributed by atoms with van der Waals surface area (Å²) in [6.45, 7) is 1.76. The third-order valence-electron chi connectivity index (χ3n) is 5.26. The Hall–Kier alpha value is -2.44. The quantitative estimate of drug-likeness (QED) is 0.607. The van der Waals surface area contributed by atoms with Crippen molar-refractivity contribution >= 4 is 40.2 Å². The van der Waals surface area contributed by atoms with Gasteiger partial charge in [-0.15, -0.1) is 0 Å². The molecule has 152 valence electrons. The van der Waals surface area contributed by atoms with Crippen LogP contribution in [0.4, 0.5) is 9.18 Å². The smallest absolute Gasteiger partial charge is 0.407 e. The summed E-state index contributed by atoms with van der Waals surface area (Å²) in [5, 5.41) is 11.2. The molecule has 0 saturated carbocycles. The molecule has 1 aliphatic rings. The van der Waals surface area contributed by atoms with Crippen LogP contribution in [0.1, 0.15) is 11.3 Å². The molecule has 0 aliphatic carbocycles. The van der Waals surface area contributed by atoms with E-state index in [1.165, 1.54) is 17.0 Å².